The highest BCUT2D eigenvalue weighted by Crippen LogP contribution is 2.25. The summed E-state index contributed by atoms with van der Waals surface area (Å²) >= 11 is 0. The summed E-state index contributed by atoms with van der Waals surface area (Å²) in [5.41, 5.74) is 2.96. The van der Waals surface area contributed by atoms with E-state index in [1.807, 2.05) is 0 Å². The Morgan fingerprint density at radius 1 is 1.27 bits per heavy atom. The molecule has 30 heavy (non-hydrogen) atoms. The average molecular weight is 417 g/mol. The largest absolute Gasteiger partial charge is 0.381 e. The topological polar surface area (TPSA) is 58.1 Å². The summed E-state index contributed by atoms with van der Waals surface area (Å²) < 4.78 is 11.2. The molecule has 0 aliphatic carbocycles. The van der Waals surface area contributed by atoms with Crippen LogP contribution in [0.5, 0.6) is 0 Å². The van der Waals surface area contributed by atoms with Crippen LogP contribution in [0.3, 0.4) is 0 Å². The number of benzene rings is 1. The molecule has 0 saturated carbocycles. The minimum atomic E-state index is 0.0162. The normalized spacial score (nSPS) is 20.2. The Labute approximate surface area is 182 Å². The van der Waals surface area contributed by atoms with E-state index in [-0.39, 0.29) is 5.54 Å². The van der Waals surface area contributed by atoms with Crippen molar-refractivity contribution in [3.05, 3.63) is 35.4 Å². The van der Waals surface area contributed by atoms with Crippen LogP contribution in [0.25, 0.3) is 0 Å². The molecule has 0 amide bonds. The molecule has 2 aliphatic rings. The van der Waals surface area contributed by atoms with Crippen LogP contribution in [0.2, 0.25) is 0 Å². The monoisotopic (exact) mass is 416 g/mol. The molecule has 1 fully saturated rings. The molecule has 0 aromatic heterocycles. The molecule has 0 bridgehead atoms. The van der Waals surface area contributed by atoms with E-state index in [1.54, 1.807) is 0 Å². The van der Waals surface area contributed by atoms with Gasteiger partial charge < -0.3 is 20.1 Å². The van der Waals surface area contributed by atoms with Crippen molar-refractivity contribution in [3.63, 3.8) is 0 Å². The summed E-state index contributed by atoms with van der Waals surface area (Å²) in [6.07, 6.45) is 3.23. The van der Waals surface area contributed by atoms with Gasteiger partial charge in [0.05, 0.1) is 19.8 Å². The van der Waals surface area contributed by atoms with Crippen molar-refractivity contribution in [2.75, 3.05) is 52.6 Å². The third kappa shape index (κ3) is 6.96. The molecule has 3 rings (SSSR count). The first-order valence-electron chi connectivity index (χ1n) is 11.6. The summed E-state index contributed by atoms with van der Waals surface area (Å²) in [6.45, 7) is 14.6. The Kier molecular flexibility index (Phi) is 8.97. The van der Waals surface area contributed by atoms with Crippen LogP contribution in [-0.4, -0.2) is 69.0 Å². The third-order valence-electron chi connectivity index (χ3n) is 6.09. The molecular formula is C24H40N4O2. The maximum absolute atomic E-state index is 5.79. The molecule has 2 N–H and O–H groups in total. The molecule has 6 nitrogen and oxygen atoms in total. The van der Waals surface area contributed by atoms with E-state index in [9.17, 15) is 0 Å². The van der Waals surface area contributed by atoms with E-state index in [0.717, 1.165) is 84.4 Å². The van der Waals surface area contributed by atoms with Gasteiger partial charge >= 0.3 is 0 Å². The van der Waals surface area contributed by atoms with E-state index < -0.39 is 0 Å². The van der Waals surface area contributed by atoms with Gasteiger partial charge in [-0.1, -0.05) is 24.3 Å². The molecule has 1 aromatic carbocycles. The third-order valence-corrected chi connectivity index (χ3v) is 6.09. The SMILES string of the molecule is CCNC(=NCC(C)(C)N1CCc2ccccc2C1)NCCCOCC1CCOC1. The zero-order valence-electron chi connectivity index (χ0n) is 19.1. The number of hydrogen-bond acceptors (Lipinski definition) is 4. The highest BCUT2D eigenvalue weighted by Gasteiger charge is 2.29. The quantitative estimate of drug-likeness (QED) is 0.349. The van der Waals surface area contributed by atoms with Crippen molar-refractivity contribution in [2.24, 2.45) is 10.9 Å². The van der Waals surface area contributed by atoms with Crippen molar-refractivity contribution in [2.45, 2.75) is 52.1 Å². The number of nitrogens with one attached hydrogen (secondary N) is 2. The lowest BCUT2D eigenvalue weighted by Crippen LogP contribution is -2.49. The van der Waals surface area contributed by atoms with Crippen molar-refractivity contribution >= 4 is 5.96 Å². The van der Waals surface area contributed by atoms with Crippen molar-refractivity contribution < 1.29 is 9.47 Å². The maximum Gasteiger partial charge on any atom is 0.191 e. The van der Waals surface area contributed by atoms with Gasteiger partial charge in [0.1, 0.15) is 0 Å². The number of hydrogen-bond donors (Lipinski definition) is 2. The predicted octanol–water partition coefficient (Wildman–Crippen LogP) is 2.82. The Balaban J connectivity index is 1.41. The molecule has 1 aromatic rings. The molecule has 2 heterocycles. The van der Waals surface area contributed by atoms with Crippen LogP contribution in [0.1, 0.15) is 44.7 Å². The molecule has 1 saturated heterocycles. The van der Waals surface area contributed by atoms with Gasteiger partial charge in [0.2, 0.25) is 0 Å². The number of ether oxygens (including phenoxy) is 2. The summed E-state index contributed by atoms with van der Waals surface area (Å²) in [4.78, 5) is 7.45. The molecule has 168 valence electrons. The van der Waals surface area contributed by atoms with Gasteiger partial charge in [-0.2, -0.15) is 0 Å². The van der Waals surface area contributed by atoms with Crippen molar-refractivity contribution in [1.82, 2.24) is 15.5 Å². The fourth-order valence-corrected chi connectivity index (χ4v) is 4.07. The number of rotatable bonds is 10. The first-order chi connectivity index (χ1) is 14.6. The number of fused-ring (bicyclic) bond motifs is 1. The highest BCUT2D eigenvalue weighted by molar-refractivity contribution is 5.79. The summed E-state index contributed by atoms with van der Waals surface area (Å²) in [7, 11) is 0. The fraction of sp³-hybridized carbons (Fsp3) is 0.708. The minimum absolute atomic E-state index is 0.0162. The summed E-state index contributed by atoms with van der Waals surface area (Å²) in [5.74, 6) is 1.48. The van der Waals surface area contributed by atoms with Gasteiger partial charge in [-0.3, -0.25) is 9.89 Å². The number of guanidine groups is 1. The van der Waals surface area contributed by atoms with Crippen LogP contribution >= 0.6 is 0 Å². The van der Waals surface area contributed by atoms with Gasteiger partial charge in [0, 0.05) is 50.8 Å². The van der Waals surface area contributed by atoms with Crippen LogP contribution in [0.15, 0.2) is 29.3 Å². The lowest BCUT2D eigenvalue weighted by molar-refractivity contribution is 0.0887. The molecule has 2 aliphatic heterocycles. The van der Waals surface area contributed by atoms with Crippen LogP contribution in [-0.2, 0) is 22.4 Å². The Morgan fingerprint density at radius 3 is 2.87 bits per heavy atom. The Hall–Kier alpha value is -1.63. The molecule has 6 heteroatoms. The maximum atomic E-state index is 5.79. The van der Waals surface area contributed by atoms with Gasteiger partial charge in [-0.25, -0.2) is 0 Å². The van der Waals surface area contributed by atoms with Crippen LogP contribution < -0.4 is 10.6 Å². The molecular weight excluding hydrogens is 376 g/mol. The van der Waals surface area contributed by atoms with E-state index in [1.165, 1.54) is 11.1 Å². The van der Waals surface area contributed by atoms with E-state index in [4.69, 9.17) is 14.5 Å². The second kappa shape index (κ2) is 11.7. The van der Waals surface area contributed by atoms with Gasteiger partial charge in [0.15, 0.2) is 5.96 Å². The number of aliphatic imine (C=N–C) groups is 1. The fourth-order valence-electron chi connectivity index (χ4n) is 4.07. The lowest BCUT2D eigenvalue weighted by Gasteiger charge is -2.40. The average Bonchev–Trinajstić information content (AvgIpc) is 3.27. The van der Waals surface area contributed by atoms with E-state index >= 15 is 0 Å². The first kappa shape index (κ1) is 23.0. The second-order valence-corrected chi connectivity index (χ2v) is 9.03. The van der Waals surface area contributed by atoms with Gasteiger partial charge in [0.25, 0.3) is 0 Å². The van der Waals surface area contributed by atoms with Crippen molar-refractivity contribution in [1.29, 1.82) is 0 Å². The second-order valence-electron chi connectivity index (χ2n) is 9.03. The molecule has 0 spiro atoms. The van der Waals surface area contributed by atoms with Crippen LogP contribution in [0.4, 0.5) is 0 Å². The van der Waals surface area contributed by atoms with Gasteiger partial charge in [-0.15, -0.1) is 0 Å². The molecule has 0 radical (unpaired) electrons. The van der Waals surface area contributed by atoms with E-state index in [0.29, 0.717) is 5.92 Å². The first-order valence-corrected chi connectivity index (χ1v) is 11.6. The molecule has 1 atom stereocenters. The summed E-state index contributed by atoms with van der Waals surface area (Å²) in [6, 6.07) is 8.81. The summed E-state index contributed by atoms with van der Waals surface area (Å²) in [5, 5.41) is 6.83. The number of nitrogens with zero attached hydrogens (tertiary/aromatic N) is 2. The molecule has 1 unspecified atom stereocenters. The van der Waals surface area contributed by atoms with Crippen molar-refractivity contribution in [3.8, 4) is 0 Å². The van der Waals surface area contributed by atoms with E-state index in [2.05, 4.69) is 60.6 Å². The Bertz CT molecular complexity index is 671. The standard InChI is InChI=1S/C24H40N4O2/c1-4-25-23(26-12-7-14-29-17-20-11-15-30-18-20)27-19-24(2,3)28-13-10-21-8-5-6-9-22(21)16-28/h5-6,8-9,20H,4,7,10-19H2,1-3H3,(H2,25,26,27). The van der Waals surface area contributed by atoms with Gasteiger partial charge in [-0.05, 0) is 51.2 Å². The zero-order valence-corrected chi connectivity index (χ0v) is 19.1. The minimum Gasteiger partial charge on any atom is -0.381 e. The zero-order chi connectivity index (χ0) is 21.2. The van der Waals surface area contributed by atoms with Crippen LogP contribution in [0, 0.1) is 5.92 Å². The smallest absolute Gasteiger partial charge is 0.191 e. The highest BCUT2D eigenvalue weighted by atomic mass is 16.5. The predicted molar refractivity (Wildman–Crippen MR) is 123 cm³/mol. The lowest BCUT2D eigenvalue weighted by atomic mass is 9.94. The Morgan fingerprint density at radius 2 is 2.10 bits per heavy atom.